The summed E-state index contributed by atoms with van der Waals surface area (Å²) in [5, 5.41) is 0. The average molecular weight is 329 g/mol. The van der Waals surface area contributed by atoms with Crippen LogP contribution in [0.5, 0.6) is 0 Å². The van der Waals surface area contributed by atoms with E-state index in [1.165, 1.54) is 12.8 Å². The molecule has 1 atom stereocenters. The van der Waals surface area contributed by atoms with Gasteiger partial charge in [0.25, 0.3) is 0 Å². The van der Waals surface area contributed by atoms with Gasteiger partial charge in [-0.25, -0.2) is 0 Å². The minimum absolute atomic E-state index is 0.215. The highest BCUT2D eigenvalue weighted by atomic mass is 79.9. The van der Waals surface area contributed by atoms with Crippen LogP contribution < -0.4 is 5.73 Å². The molecule has 0 spiro atoms. The van der Waals surface area contributed by atoms with Crippen molar-refractivity contribution < 1.29 is 4.42 Å². The van der Waals surface area contributed by atoms with Gasteiger partial charge in [-0.3, -0.25) is 4.90 Å². The third kappa shape index (κ3) is 3.61. The summed E-state index contributed by atoms with van der Waals surface area (Å²) in [6.45, 7) is 9.87. The molecule has 19 heavy (non-hydrogen) atoms. The van der Waals surface area contributed by atoms with Gasteiger partial charge in [0, 0.05) is 6.54 Å². The van der Waals surface area contributed by atoms with Crippen LogP contribution in [0, 0.1) is 11.3 Å². The number of rotatable bonds is 3. The van der Waals surface area contributed by atoms with Crippen molar-refractivity contribution in [1.29, 1.82) is 0 Å². The Labute approximate surface area is 124 Å². The lowest BCUT2D eigenvalue weighted by molar-refractivity contribution is 0.0770. The first-order chi connectivity index (χ1) is 8.91. The predicted molar refractivity (Wildman–Crippen MR) is 82.0 cm³/mol. The molecular formula is C15H25BrN2O. The summed E-state index contributed by atoms with van der Waals surface area (Å²) in [5.74, 6) is 1.79. The Morgan fingerprint density at radius 2 is 2.00 bits per heavy atom. The molecule has 0 radical (unpaired) electrons. The lowest BCUT2D eigenvalue weighted by Crippen LogP contribution is -2.42. The van der Waals surface area contributed by atoms with Crippen LogP contribution in [-0.2, 0) is 0 Å². The fraction of sp³-hybridized carbons (Fsp3) is 0.733. The molecule has 1 aliphatic heterocycles. The van der Waals surface area contributed by atoms with Gasteiger partial charge in [-0.1, -0.05) is 20.8 Å². The number of piperidine rings is 1. The van der Waals surface area contributed by atoms with Crippen molar-refractivity contribution in [3.05, 3.63) is 22.6 Å². The summed E-state index contributed by atoms with van der Waals surface area (Å²) in [4.78, 5) is 2.47. The molecule has 4 heteroatoms. The minimum Gasteiger partial charge on any atom is -0.453 e. The highest BCUT2D eigenvalue weighted by Gasteiger charge is 2.32. The monoisotopic (exact) mass is 328 g/mol. The fourth-order valence-electron chi connectivity index (χ4n) is 3.03. The third-order valence-corrected chi connectivity index (χ3v) is 4.77. The van der Waals surface area contributed by atoms with E-state index >= 15 is 0 Å². The van der Waals surface area contributed by atoms with E-state index in [2.05, 4.69) is 41.6 Å². The fourth-order valence-corrected chi connectivity index (χ4v) is 3.35. The van der Waals surface area contributed by atoms with Crippen molar-refractivity contribution in [2.24, 2.45) is 17.1 Å². The van der Waals surface area contributed by atoms with E-state index in [0.717, 1.165) is 29.4 Å². The molecule has 1 fully saturated rings. The second-order valence-electron chi connectivity index (χ2n) is 6.57. The topological polar surface area (TPSA) is 42.4 Å². The smallest absolute Gasteiger partial charge is 0.169 e. The van der Waals surface area contributed by atoms with Gasteiger partial charge in [0.2, 0.25) is 0 Å². The molecule has 2 N–H and O–H groups in total. The second-order valence-corrected chi connectivity index (χ2v) is 7.35. The van der Waals surface area contributed by atoms with E-state index in [1.807, 2.05) is 12.1 Å². The molecule has 1 aliphatic rings. The highest BCUT2D eigenvalue weighted by Crippen LogP contribution is 2.36. The molecule has 1 saturated heterocycles. The molecule has 0 amide bonds. The quantitative estimate of drug-likeness (QED) is 0.917. The van der Waals surface area contributed by atoms with Crippen LogP contribution in [0.4, 0.5) is 0 Å². The zero-order valence-corrected chi connectivity index (χ0v) is 13.7. The van der Waals surface area contributed by atoms with Crippen LogP contribution in [0.15, 0.2) is 21.2 Å². The van der Waals surface area contributed by atoms with Crippen LogP contribution in [0.1, 0.15) is 45.4 Å². The van der Waals surface area contributed by atoms with Gasteiger partial charge in [-0.2, -0.15) is 0 Å². The van der Waals surface area contributed by atoms with Gasteiger partial charge in [-0.05, 0) is 65.3 Å². The number of halogens is 1. The summed E-state index contributed by atoms with van der Waals surface area (Å²) in [7, 11) is 0. The maximum absolute atomic E-state index is 5.95. The largest absolute Gasteiger partial charge is 0.453 e. The van der Waals surface area contributed by atoms with E-state index in [1.54, 1.807) is 0 Å². The van der Waals surface area contributed by atoms with E-state index < -0.39 is 0 Å². The lowest BCUT2D eigenvalue weighted by atomic mass is 9.75. The molecule has 0 saturated carbocycles. The van der Waals surface area contributed by atoms with Crippen molar-refractivity contribution in [1.82, 2.24) is 4.90 Å². The Bertz CT molecular complexity index is 403. The number of hydrogen-bond donors (Lipinski definition) is 1. The van der Waals surface area contributed by atoms with Gasteiger partial charge >= 0.3 is 0 Å². The van der Waals surface area contributed by atoms with Crippen LogP contribution in [-0.4, -0.2) is 24.5 Å². The summed E-state index contributed by atoms with van der Waals surface area (Å²) in [6, 6.07) is 4.18. The molecular weight excluding hydrogens is 304 g/mol. The predicted octanol–water partition coefficient (Wildman–Crippen LogP) is 3.80. The van der Waals surface area contributed by atoms with Crippen molar-refractivity contribution in [2.75, 3.05) is 19.6 Å². The number of hydrogen-bond acceptors (Lipinski definition) is 3. The Morgan fingerprint density at radius 1 is 1.37 bits per heavy atom. The highest BCUT2D eigenvalue weighted by molar-refractivity contribution is 9.10. The molecule has 3 nitrogen and oxygen atoms in total. The lowest BCUT2D eigenvalue weighted by Gasteiger charge is -2.41. The standard InChI is InChI=1S/C15H25BrN2O/c1-15(2,3)11-6-8-18(9-7-11)12(10-17)13-4-5-14(16)19-13/h4-5,11-12H,6-10,17H2,1-3H3. The average Bonchev–Trinajstić information content (AvgIpc) is 2.76. The van der Waals surface area contributed by atoms with Gasteiger partial charge in [0.15, 0.2) is 4.67 Å². The summed E-state index contributed by atoms with van der Waals surface area (Å²) in [5.41, 5.74) is 6.36. The molecule has 1 unspecified atom stereocenters. The van der Waals surface area contributed by atoms with E-state index in [0.29, 0.717) is 12.0 Å². The number of furan rings is 1. The molecule has 2 heterocycles. The maximum Gasteiger partial charge on any atom is 0.169 e. The SMILES string of the molecule is CC(C)(C)C1CCN(C(CN)c2ccc(Br)o2)CC1. The maximum atomic E-state index is 5.95. The number of nitrogens with two attached hydrogens (primary N) is 1. The second kappa shape index (κ2) is 5.98. The van der Waals surface area contributed by atoms with Crippen LogP contribution in [0.3, 0.4) is 0 Å². The zero-order valence-electron chi connectivity index (χ0n) is 12.2. The van der Waals surface area contributed by atoms with Crippen LogP contribution in [0.25, 0.3) is 0 Å². The number of nitrogens with zero attached hydrogens (tertiary/aromatic N) is 1. The minimum atomic E-state index is 0.215. The van der Waals surface area contributed by atoms with Gasteiger partial charge in [0.05, 0.1) is 6.04 Å². The Morgan fingerprint density at radius 3 is 2.42 bits per heavy atom. The molecule has 108 valence electrons. The molecule has 1 aromatic heterocycles. The van der Waals surface area contributed by atoms with Crippen LogP contribution >= 0.6 is 15.9 Å². The first-order valence-electron chi connectivity index (χ1n) is 7.11. The third-order valence-electron chi connectivity index (χ3n) is 4.34. The number of likely N-dealkylation sites (tertiary alicyclic amines) is 1. The van der Waals surface area contributed by atoms with E-state index in [4.69, 9.17) is 10.2 Å². The van der Waals surface area contributed by atoms with E-state index in [-0.39, 0.29) is 6.04 Å². The molecule has 2 rings (SSSR count). The summed E-state index contributed by atoms with van der Waals surface area (Å²) in [6.07, 6.45) is 2.50. The van der Waals surface area contributed by atoms with Crippen molar-refractivity contribution in [2.45, 2.75) is 39.7 Å². The van der Waals surface area contributed by atoms with Gasteiger partial charge in [0.1, 0.15) is 5.76 Å². The summed E-state index contributed by atoms with van der Waals surface area (Å²) < 4.78 is 6.46. The molecule has 0 aromatic carbocycles. The van der Waals surface area contributed by atoms with Crippen molar-refractivity contribution >= 4 is 15.9 Å². The first kappa shape index (κ1) is 15.1. The Kier molecular flexibility index (Phi) is 4.75. The zero-order chi connectivity index (χ0) is 14.0. The van der Waals surface area contributed by atoms with E-state index in [9.17, 15) is 0 Å². The Hall–Kier alpha value is -0.320. The van der Waals surface area contributed by atoms with Crippen molar-refractivity contribution in [3.63, 3.8) is 0 Å². The van der Waals surface area contributed by atoms with Crippen molar-refractivity contribution in [3.8, 4) is 0 Å². The molecule has 0 aliphatic carbocycles. The van der Waals surface area contributed by atoms with Crippen LogP contribution in [0.2, 0.25) is 0 Å². The molecule has 0 bridgehead atoms. The normalized spacial score (nSPS) is 20.7. The summed E-state index contributed by atoms with van der Waals surface area (Å²) >= 11 is 3.36. The van der Waals surface area contributed by atoms with Gasteiger partial charge in [-0.15, -0.1) is 0 Å². The Balaban J connectivity index is 1.99. The first-order valence-corrected chi connectivity index (χ1v) is 7.90. The van der Waals surface area contributed by atoms with Gasteiger partial charge < -0.3 is 10.2 Å². The molecule has 1 aromatic rings.